The molecule has 0 unspecified atom stereocenters. The van der Waals surface area contributed by atoms with Crippen molar-refractivity contribution in [3.63, 3.8) is 0 Å². The number of ether oxygens (including phenoxy) is 2. The van der Waals surface area contributed by atoms with Gasteiger partial charge in [0, 0.05) is 30.3 Å². The Morgan fingerprint density at radius 2 is 2.00 bits per heavy atom. The predicted octanol–water partition coefficient (Wildman–Crippen LogP) is 2.68. The molecule has 0 aliphatic carbocycles. The highest BCUT2D eigenvalue weighted by molar-refractivity contribution is 5.92. The molecule has 0 atom stereocenters. The quantitative estimate of drug-likeness (QED) is 0.382. The first-order chi connectivity index (χ1) is 12.1. The molecule has 1 heterocycles. The lowest BCUT2D eigenvalue weighted by Gasteiger charge is -2.10. The van der Waals surface area contributed by atoms with Gasteiger partial charge in [-0.3, -0.25) is 10.1 Å². The molecule has 2 aromatic rings. The SMILES string of the molecule is NC(=NCc1cccc([N+](=O)[O-])c1)Nc1ccc2c(c1)OCCCO2. The number of hydrogen-bond donors (Lipinski definition) is 2. The Morgan fingerprint density at radius 1 is 1.20 bits per heavy atom. The number of fused-ring (bicyclic) bond motifs is 1. The van der Waals surface area contributed by atoms with Gasteiger partial charge in [0.05, 0.1) is 24.7 Å². The van der Waals surface area contributed by atoms with Crippen LogP contribution < -0.4 is 20.5 Å². The van der Waals surface area contributed by atoms with Crippen molar-refractivity contribution in [1.29, 1.82) is 0 Å². The topological polar surface area (TPSA) is 112 Å². The molecule has 0 aromatic heterocycles. The van der Waals surface area contributed by atoms with Crippen molar-refractivity contribution >= 4 is 17.3 Å². The zero-order chi connectivity index (χ0) is 17.6. The maximum absolute atomic E-state index is 10.8. The monoisotopic (exact) mass is 342 g/mol. The van der Waals surface area contributed by atoms with Gasteiger partial charge in [-0.2, -0.15) is 0 Å². The Bertz CT molecular complexity index is 807. The van der Waals surface area contributed by atoms with Crippen LogP contribution in [0.4, 0.5) is 11.4 Å². The number of nitrogens with two attached hydrogens (primary N) is 1. The first-order valence-corrected chi connectivity index (χ1v) is 7.82. The molecule has 0 fully saturated rings. The van der Waals surface area contributed by atoms with Gasteiger partial charge in [0.15, 0.2) is 17.5 Å². The minimum atomic E-state index is -0.438. The summed E-state index contributed by atoms with van der Waals surface area (Å²) >= 11 is 0. The number of aliphatic imine (C=N–C) groups is 1. The molecule has 3 rings (SSSR count). The number of nitro benzene ring substituents is 1. The van der Waals surface area contributed by atoms with Crippen LogP contribution >= 0.6 is 0 Å². The minimum absolute atomic E-state index is 0.0298. The number of nitro groups is 1. The van der Waals surface area contributed by atoms with Crippen LogP contribution in [0, 0.1) is 10.1 Å². The lowest BCUT2D eigenvalue weighted by Crippen LogP contribution is -2.22. The molecule has 0 spiro atoms. The molecule has 8 nitrogen and oxygen atoms in total. The highest BCUT2D eigenvalue weighted by atomic mass is 16.6. The average molecular weight is 342 g/mol. The molecule has 1 aliphatic rings. The number of nitrogens with zero attached hydrogens (tertiary/aromatic N) is 2. The van der Waals surface area contributed by atoms with Crippen LogP contribution in [0.15, 0.2) is 47.5 Å². The van der Waals surface area contributed by atoms with E-state index in [1.54, 1.807) is 18.2 Å². The van der Waals surface area contributed by atoms with Gasteiger partial charge in [0.2, 0.25) is 0 Å². The van der Waals surface area contributed by atoms with E-state index in [9.17, 15) is 10.1 Å². The maximum atomic E-state index is 10.8. The fourth-order valence-electron chi connectivity index (χ4n) is 2.37. The van der Waals surface area contributed by atoms with Crippen molar-refractivity contribution in [3.05, 3.63) is 58.1 Å². The second-order valence-corrected chi connectivity index (χ2v) is 5.47. The Balaban J connectivity index is 1.66. The maximum Gasteiger partial charge on any atom is 0.269 e. The number of guanidine groups is 1. The zero-order valence-electron chi connectivity index (χ0n) is 13.5. The van der Waals surface area contributed by atoms with E-state index in [0.717, 1.165) is 12.1 Å². The molecule has 0 bridgehead atoms. The third kappa shape index (κ3) is 4.37. The number of rotatable bonds is 4. The van der Waals surface area contributed by atoms with Crippen LogP contribution in [0.2, 0.25) is 0 Å². The molecule has 8 heteroatoms. The summed E-state index contributed by atoms with van der Waals surface area (Å²) in [5.74, 6) is 1.57. The van der Waals surface area contributed by atoms with Gasteiger partial charge in [0.25, 0.3) is 5.69 Å². The van der Waals surface area contributed by atoms with Crippen molar-refractivity contribution < 1.29 is 14.4 Å². The number of hydrogen-bond acceptors (Lipinski definition) is 5. The van der Waals surface area contributed by atoms with E-state index in [1.165, 1.54) is 12.1 Å². The molecular formula is C17H18N4O4. The van der Waals surface area contributed by atoms with Gasteiger partial charge in [-0.05, 0) is 17.7 Å². The van der Waals surface area contributed by atoms with Crippen LogP contribution in [-0.4, -0.2) is 24.1 Å². The predicted molar refractivity (Wildman–Crippen MR) is 94.1 cm³/mol. The fraction of sp³-hybridized carbons (Fsp3) is 0.235. The number of anilines is 1. The standard InChI is InChI=1S/C17H18N4O4/c18-17(19-11-12-3-1-4-14(9-12)21(22)23)20-13-5-6-15-16(10-13)25-8-2-7-24-15/h1,3-6,9-10H,2,7-8,11H2,(H3,18,19,20). The second-order valence-electron chi connectivity index (χ2n) is 5.47. The molecule has 3 N–H and O–H groups in total. The van der Waals surface area contributed by atoms with Gasteiger partial charge in [-0.15, -0.1) is 0 Å². The number of non-ortho nitro benzene ring substituents is 1. The summed E-state index contributed by atoms with van der Waals surface area (Å²) in [5, 5.41) is 13.8. The van der Waals surface area contributed by atoms with Crippen molar-refractivity contribution in [3.8, 4) is 11.5 Å². The summed E-state index contributed by atoms with van der Waals surface area (Å²) in [5.41, 5.74) is 7.35. The van der Waals surface area contributed by atoms with Gasteiger partial charge < -0.3 is 20.5 Å². The Hall–Kier alpha value is -3.29. The summed E-state index contributed by atoms with van der Waals surface area (Å²) < 4.78 is 11.2. The first-order valence-electron chi connectivity index (χ1n) is 7.82. The highest BCUT2D eigenvalue weighted by Gasteiger charge is 2.11. The smallest absolute Gasteiger partial charge is 0.269 e. The highest BCUT2D eigenvalue weighted by Crippen LogP contribution is 2.32. The summed E-state index contributed by atoms with van der Waals surface area (Å²) in [6.45, 7) is 1.48. The van der Waals surface area contributed by atoms with Gasteiger partial charge >= 0.3 is 0 Å². The number of nitrogens with one attached hydrogen (secondary N) is 1. The fourth-order valence-corrected chi connectivity index (χ4v) is 2.37. The normalized spacial score (nSPS) is 13.8. The summed E-state index contributed by atoms with van der Waals surface area (Å²) in [6.07, 6.45) is 0.838. The first kappa shape index (κ1) is 16.6. The molecule has 0 radical (unpaired) electrons. The zero-order valence-corrected chi connectivity index (χ0v) is 13.5. The van der Waals surface area contributed by atoms with Crippen LogP contribution in [0.3, 0.4) is 0 Å². The lowest BCUT2D eigenvalue weighted by molar-refractivity contribution is -0.384. The summed E-state index contributed by atoms with van der Waals surface area (Å²) in [7, 11) is 0. The summed E-state index contributed by atoms with van der Waals surface area (Å²) in [6, 6.07) is 11.7. The van der Waals surface area contributed by atoms with E-state index in [4.69, 9.17) is 15.2 Å². The van der Waals surface area contributed by atoms with Crippen LogP contribution in [-0.2, 0) is 6.54 Å². The van der Waals surface area contributed by atoms with Gasteiger partial charge in [-0.1, -0.05) is 12.1 Å². The van der Waals surface area contributed by atoms with Crippen LogP contribution in [0.5, 0.6) is 11.5 Å². The van der Waals surface area contributed by atoms with E-state index in [1.807, 2.05) is 12.1 Å². The lowest BCUT2D eigenvalue weighted by atomic mass is 10.2. The average Bonchev–Trinajstić information content (AvgIpc) is 2.85. The third-order valence-corrected chi connectivity index (χ3v) is 3.57. The molecular weight excluding hydrogens is 324 g/mol. The molecule has 1 aliphatic heterocycles. The van der Waals surface area contributed by atoms with E-state index < -0.39 is 4.92 Å². The Kier molecular flexibility index (Phi) is 4.98. The van der Waals surface area contributed by atoms with Crippen molar-refractivity contribution in [2.75, 3.05) is 18.5 Å². The van der Waals surface area contributed by atoms with E-state index >= 15 is 0 Å². The van der Waals surface area contributed by atoms with Crippen LogP contribution in [0.1, 0.15) is 12.0 Å². The molecule has 0 amide bonds. The van der Waals surface area contributed by atoms with E-state index in [0.29, 0.717) is 30.3 Å². The number of benzene rings is 2. The largest absolute Gasteiger partial charge is 0.490 e. The molecule has 0 saturated heterocycles. The van der Waals surface area contributed by atoms with Crippen LogP contribution in [0.25, 0.3) is 0 Å². The Labute approximate surface area is 144 Å². The van der Waals surface area contributed by atoms with Crippen molar-refractivity contribution in [1.82, 2.24) is 0 Å². The second kappa shape index (κ2) is 7.52. The third-order valence-electron chi connectivity index (χ3n) is 3.57. The van der Waals surface area contributed by atoms with E-state index in [-0.39, 0.29) is 18.2 Å². The molecule has 25 heavy (non-hydrogen) atoms. The molecule has 130 valence electrons. The van der Waals surface area contributed by atoms with Gasteiger partial charge in [-0.25, -0.2) is 4.99 Å². The molecule has 2 aromatic carbocycles. The Morgan fingerprint density at radius 3 is 2.80 bits per heavy atom. The van der Waals surface area contributed by atoms with Crippen molar-refractivity contribution in [2.24, 2.45) is 10.7 Å². The van der Waals surface area contributed by atoms with Crippen molar-refractivity contribution in [2.45, 2.75) is 13.0 Å². The summed E-state index contributed by atoms with van der Waals surface area (Å²) in [4.78, 5) is 14.6. The van der Waals surface area contributed by atoms with E-state index in [2.05, 4.69) is 10.3 Å². The minimum Gasteiger partial charge on any atom is -0.490 e. The van der Waals surface area contributed by atoms with Gasteiger partial charge in [0.1, 0.15) is 0 Å². The molecule has 0 saturated carbocycles.